The van der Waals surface area contributed by atoms with Gasteiger partial charge in [-0.2, -0.15) is 10.2 Å². The monoisotopic (exact) mass is 428 g/mol. The van der Waals surface area contributed by atoms with Crippen LogP contribution in [0.4, 0.5) is 5.82 Å². The Morgan fingerprint density at radius 2 is 1.88 bits per heavy atom. The molecule has 2 heterocycles. The Morgan fingerprint density at radius 1 is 1.06 bits per heavy atom. The number of benzene rings is 2. The molecular formula is C24H24N6O2. The number of phenols is 1. The van der Waals surface area contributed by atoms with E-state index in [2.05, 4.69) is 20.6 Å². The molecule has 4 aromatic rings. The molecule has 0 aliphatic rings. The van der Waals surface area contributed by atoms with E-state index in [9.17, 15) is 5.11 Å². The summed E-state index contributed by atoms with van der Waals surface area (Å²) in [6, 6.07) is 18.6. The second-order valence-electron chi connectivity index (χ2n) is 7.16. The Kier molecular flexibility index (Phi) is 6.12. The minimum absolute atomic E-state index is 0.0810. The number of phenolic OH excluding ortho intramolecular Hbond substituents is 1. The van der Waals surface area contributed by atoms with E-state index in [0.29, 0.717) is 35.4 Å². The highest BCUT2D eigenvalue weighted by Gasteiger charge is 2.11. The third-order valence-corrected chi connectivity index (χ3v) is 4.67. The van der Waals surface area contributed by atoms with Gasteiger partial charge in [0, 0.05) is 29.0 Å². The van der Waals surface area contributed by atoms with Crippen molar-refractivity contribution in [2.45, 2.75) is 20.8 Å². The van der Waals surface area contributed by atoms with Gasteiger partial charge in [0.25, 0.3) is 0 Å². The van der Waals surface area contributed by atoms with Gasteiger partial charge in [-0.15, -0.1) is 0 Å². The molecule has 0 spiro atoms. The molecule has 8 nitrogen and oxygen atoms in total. The van der Waals surface area contributed by atoms with Crippen LogP contribution in [0, 0.1) is 13.8 Å². The normalized spacial score (nSPS) is 11.1. The minimum atomic E-state index is 0.0810. The summed E-state index contributed by atoms with van der Waals surface area (Å²) in [5.41, 5.74) is 6.25. The first-order valence-corrected chi connectivity index (χ1v) is 10.3. The number of nitrogens with one attached hydrogen (secondary N) is 1. The fraction of sp³-hybridized carbons (Fsp3) is 0.167. The van der Waals surface area contributed by atoms with Crippen LogP contribution < -0.4 is 10.2 Å². The van der Waals surface area contributed by atoms with Crippen molar-refractivity contribution < 1.29 is 9.84 Å². The number of anilines is 1. The van der Waals surface area contributed by atoms with Crippen molar-refractivity contribution >= 4 is 12.0 Å². The molecular weight excluding hydrogens is 404 g/mol. The molecule has 0 saturated heterocycles. The summed E-state index contributed by atoms with van der Waals surface area (Å²) in [5.74, 6) is 2.37. The van der Waals surface area contributed by atoms with Crippen LogP contribution in [0.2, 0.25) is 0 Å². The Hall–Kier alpha value is -4.20. The number of aryl methyl sites for hydroxylation is 2. The second kappa shape index (κ2) is 9.30. The van der Waals surface area contributed by atoms with Gasteiger partial charge in [0.2, 0.25) is 0 Å². The van der Waals surface area contributed by atoms with Gasteiger partial charge in [-0.1, -0.05) is 30.3 Å². The molecule has 0 radical (unpaired) electrons. The molecule has 162 valence electrons. The molecule has 2 aromatic heterocycles. The van der Waals surface area contributed by atoms with Gasteiger partial charge in [-0.25, -0.2) is 14.6 Å². The standard InChI is InChI=1S/C24H24N6O2/c1-4-32-20-11-10-19(21(31)13-20)15-25-28-22-14-23(30-17(3)12-16(2)29-30)27-24(26-22)18-8-6-5-7-9-18/h5-15,31H,4H2,1-3H3,(H,26,27,28). The van der Waals surface area contributed by atoms with E-state index in [0.717, 1.165) is 17.0 Å². The third-order valence-electron chi connectivity index (χ3n) is 4.67. The summed E-state index contributed by atoms with van der Waals surface area (Å²) < 4.78 is 7.17. The molecule has 0 atom stereocenters. The van der Waals surface area contributed by atoms with Crippen molar-refractivity contribution in [3.05, 3.63) is 77.6 Å². The maximum Gasteiger partial charge on any atom is 0.164 e. The summed E-state index contributed by atoms with van der Waals surface area (Å²) in [5, 5.41) is 19.0. The molecule has 0 bridgehead atoms. The average molecular weight is 428 g/mol. The molecule has 0 aliphatic heterocycles. The zero-order chi connectivity index (χ0) is 22.5. The van der Waals surface area contributed by atoms with Crippen molar-refractivity contribution in [3.63, 3.8) is 0 Å². The van der Waals surface area contributed by atoms with Crippen molar-refractivity contribution in [1.82, 2.24) is 19.7 Å². The fourth-order valence-electron chi connectivity index (χ4n) is 3.23. The number of hydrogen-bond acceptors (Lipinski definition) is 7. The summed E-state index contributed by atoms with van der Waals surface area (Å²) in [6.45, 7) is 6.34. The number of aromatic nitrogens is 4. The number of rotatable bonds is 7. The van der Waals surface area contributed by atoms with Gasteiger partial charge in [0.1, 0.15) is 11.5 Å². The van der Waals surface area contributed by atoms with Crippen LogP contribution in [0.25, 0.3) is 17.2 Å². The van der Waals surface area contributed by atoms with Gasteiger partial charge in [0.15, 0.2) is 17.5 Å². The molecule has 2 N–H and O–H groups in total. The predicted molar refractivity (Wildman–Crippen MR) is 125 cm³/mol. The van der Waals surface area contributed by atoms with E-state index in [4.69, 9.17) is 9.72 Å². The average Bonchev–Trinajstić information content (AvgIpc) is 3.14. The SMILES string of the molecule is CCOc1ccc(C=NNc2cc(-n3nc(C)cc3C)nc(-c3ccccc3)n2)c(O)c1. The minimum Gasteiger partial charge on any atom is -0.507 e. The second-order valence-corrected chi connectivity index (χ2v) is 7.16. The quantitative estimate of drug-likeness (QED) is 0.332. The molecule has 0 amide bonds. The number of nitrogens with zero attached hydrogens (tertiary/aromatic N) is 5. The van der Waals surface area contributed by atoms with Crippen LogP contribution >= 0.6 is 0 Å². The van der Waals surface area contributed by atoms with Gasteiger partial charge < -0.3 is 9.84 Å². The molecule has 0 unspecified atom stereocenters. The molecule has 0 aliphatic carbocycles. The highest BCUT2D eigenvalue weighted by Crippen LogP contribution is 2.23. The van der Waals surface area contributed by atoms with Gasteiger partial charge in [-0.3, -0.25) is 5.43 Å². The third kappa shape index (κ3) is 4.75. The summed E-state index contributed by atoms with van der Waals surface area (Å²) in [4.78, 5) is 9.30. The number of ether oxygens (including phenoxy) is 1. The smallest absolute Gasteiger partial charge is 0.164 e. The highest BCUT2D eigenvalue weighted by atomic mass is 16.5. The van der Waals surface area contributed by atoms with Crippen LogP contribution in [0.15, 0.2) is 65.8 Å². The Labute approximate surface area is 186 Å². The van der Waals surface area contributed by atoms with E-state index < -0.39 is 0 Å². The lowest BCUT2D eigenvalue weighted by molar-refractivity contribution is 0.337. The fourth-order valence-corrected chi connectivity index (χ4v) is 3.23. The lowest BCUT2D eigenvalue weighted by Crippen LogP contribution is -2.06. The zero-order valence-electron chi connectivity index (χ0n) is 18.1. The van der Waals surface area contributed by atoms with Gasteiger partial charge in [-0.05, 0) is 39.0 Å². The molecule has 2 aromatic carbocycles. The van der Waals surface area contributed by atoms with Crippen LogP contribution in [-0.2, 0) is 0 Å². The lowest BCUT2D eigenvalue weighted by atomic mass is 10.2. The lowest BCUT2D eigenvalue weighted by Gasteiger charge is -2.09. The summed E-state index contributed by atoms with van der Waals surface area (Å²) in [7, 11) is 0. The van der Waals surface area contributed by atoms with Crippen LogP contribution in [0.1, 0.15) is 23.9 Å². The number of hydrazone groups is 1. The van der Waals surface area contributed by atoms with E-state index in [1.165, 1.54) is 6.21 Å². The van der Waals surface area contributed by atoms with Crippen molar-refractivity contribution in [2.75, 3.05) is 12.0 Å². The topological polar surface area (TPSA) is 97.5 Å². The van der Waals surface area contributed by atoms with Crippen molar-refractivity contribution in [1.29, 1.82) is 0 Å². The van der Waals surface area contributed by atoms with E-state index >= 15 is 0 Å². The maximum atomic E-state index is 10.2. The maximum absolute atomic E-state index is 10.2. The Morgan fingerprint density at radius 3 is 2.56 bits per heavy atom. The first kappa shape index (κ1) is 21.0. The molecule has 8 heteroatoms. The van der Waals surface area contributed by atoms with Crippen molar-refractivity contribution in [2.24, 2.45) is 5.10 Å². The zero-order valence-corrected chi connectivity index (χ0v) is 18.1. The largest absolute Gasteiger partial charge is 0.507 e. The van der Waals surface area contributed by atoms with E-state index in [1.807, 2.05) is 57.2 Å². The van der Waals surface area contributed by atoms with Crippen LogP contribution in [-0.4, -0.2) is 37.7 Å². The van der Waals surface area contributed by atoms with E-state index in [1.54, 1.807) is 28.9 Å². The van der Waals surface area contributed by atoms with E-state index in [-0.39, 0.29) is 5.75 Å². The first-order valence-electron chi connectivity index (χ1n) is 10.3. The molecule has 32 heavy (non-hydrogen) atoms. The van der Waals surface area contributed by atoms with Gasteiger partial charge >= 0.3 is 0 Å². The van der Waals surface area contributed by atoms with Crippen LogP contribution in [0.3, 0.4) is 0 Å². The number of hydrogen-bond donors (Lipinski definition) is 2. The summed E-state index contributed by atoms with van der Waals surface area (Å²) >= 11 is 0. The molecule has 4 rings (SSSR count). The number of aromatic hydroxyl groups is 1. The predicted octanol–water partition coefficient (Wildman–Crippen LogP) is 4.50. The summed E-state index contributed by atoms with van der Waals surface area (Å²) in [6.07, 6.45) is 1.53. The highest BCUT2D eigenvalue weighted by molar-refractivity contribution is 5.84. The molecule has 0 fully saturated rings. The van der Waals surface area contributed by atoms with Gasteiger partial charge in [0.05, 0.1) is 18.5 Å². The van der Waals surface area contributed by atoms with Crippen molar-refractivity contribution in [3.8, 4) is 28.7 Å². The Bertz CT molecular complexity index is 1250. The first-order chi connectivity index (χ1) is 15.5. The van der Waals surface area contributed by atoms with Crippen LogP contribution in [0.5, 0.6) is 11.5 Å². The Balaban J connectivity index is 1.65. The molecule has 0 saturated carbocycles.